The minimum absolute atomic E-state index is 0.0182. The second-order valence-electron chi connectivity index (χ2n) is 7.85. The lowest BCUT2D eigenvalue weighted by molar-refractivity contribution is -0.138. The molecule has 0 aliphatic rings. The quantitative estimate of drug-likeness (QED) is 0.399. The van der Waals surface area contributed by atoms with Crippen LogP contribution in [0.5, 0.6) is 11.5 Å². The van der Waals surface area contributed by atoms with Crippen LogP contribution >= 0.6 is 0 Å². The molecule has 4 rings (SSSR count). The van der Waals surface area contributed by atoms with E-state index in [9.17, 15) is 9.90 Å². The first-order valence-electron chi connectivity index (χ1n) is 10.5. The van der Waals surface area contributed by atoms with Gasteiger partial charge in [-0.25, -0.2) is 9.97 Å². The van der Waals surface area contributed by atoms with Gasteiger partial charge in [0.1, 0.15) is 23.9 Å². The summed E-state index contributed by atoms with van der Waals surface area (Å²) in [4.78, 5) is 23.6. The van der Waals surface area contributed by atoms with Crippen molar-refractivity contribution in [2.75, 3.05) is 0 Å². The molecule has 0 amide bonds. The van der Waals surface area contributed by atoms with Gasteiger partial charge in [0.05, 0.1) is 28.8 Å². The second kappa shape index (κ2) is 9.09. The molecule has 0 spiro atoms. The van der Waals surface area contributed by atoms with E-state index in [1.54, 1.807) is 19.1 Å². The predicted octanol–water partition coefficient (Wildman–Crippen LogP) is 5.18. The highest BCUT2D eigenvalue weighted by Gasteiger charge is 2.18. The van der Waals surface area contributed by atoms with Crippen molar-refractivity contribution in [1.29, 1.82) is 0 Å². The first kappa shape index (κ1) is 21.4. The summed E-state index contributed by atoms with van der Waals surface area (Å²) in [6.45, 7) is 5.97. The number of benzene rings is 2. The van der Waals surface area contributed by atoms with Gasteiger partial charge in [-0.1, -0.05) is 30.3 Å². The molecule has 2 N–H and O–H groups in total. The predicted molar refractivity (Wildman–Crippen MR) is 122 cm³/mol. The zero-order valence-corrected chi connectivity index (χ0v) is 18.2. The zero-order valence-electron chi connectivity index (χ0n) is 18.2. The number of nitrogens with one attached hydrogen (secondary N) is 1. The maximum absolute atomic E-state index is 11.3. The third-order valence-corrected chi connectivity index (χ3v) is 5.00. The largest absolute Gasteiger partial charge is 0.490 e. The van der Waals surface area contributed by atoms with Crippen molar-refractivity contribution in [3.8, 4) is 22.9 Å². The Labute approximate surface area is 186 Å². The molecule has 0 bridgehead atoms. The molecule has 0 saturated carbocycles. The molecule has 7 heteroatoms. The lowest BCUT2D eigenvalue weighted by Crippen LogP contribution is -2.09. The molecular weight excluding hydrogens is 406 g/mol. The Morgan fingerprint density at radius 2 is 1.81 bits per heavy atom. The van der Waals surface area contributed by atoms with Gasteiger partial charge in [-0.05, 0) is 56.7 Å². The van der Waals surface area contributed by atoms with Gasteiger partial charge in [0.2, 0.25) is 0 Å². The molecule has 0 fully saturated rings. The molecule has 0 saturated heterocycles. The number of hydrogen-bond acceptors (Lipinski definition) is 5. The summed E-state index contributed by atoms with van der Waals surface area (Å²) >= 11 is 0. The van der Waals surface area contributed by atoms with Crippen molar-refractivity contribution in [1.82, 2.24) is 15.0 Å². The average molecular weight is 431 g/mol. The summed E-state index contributed by atoms with van der Waals surface area (Å²) in [6, 6.07) is 19.1. The van der Waals surface area contributed by atoms with Crippen molar-refractivity contribution >= 4 is 17.1 Å². The van der Waals surface area contributed by atoms with Gasteiger partial charge in [-0.2, -0.15) is 0 Å². The smallest absolute Gasteiger partial charge is 0.312 e. The Kier molecular flexibility index (Phi) is 6.07. The Bertz CT molecular complexity index is 1230. The Morgan fingerprint density at radius 1 is 1.03 bits per heavy atom. The lowest BCUT2D eigenvalue weighted by Gasteiger charge is -2.15. The van der Waals surface area contributed by atoms with Crippen LogP contribution < -0.4 is 9.47 Å². The fourth-order valence-electron chi connectivity index (χ4n) is 3.28. The highest BCUT2D eigenvalue weighted by atomic mass is 16.5. The highest BCUT2D eigenvalue weighted by Crippen LogP contribution is 2.34. The number of aromatic nitrogens is 3. The number of aliphatic carboxylic acids is 1. The first-order chi connectivity index (χ1) is 15.4. The van der Waals surface area contributed by atoms with Crippen LogP contribution in [0.3, 0.4) is 0 Å². The van der Waals surface area contributed by atoms with Crippen LogP contribution in [0.25, 0.3) is 22.6 Å². The van der Waals surface area contributed by atoms with E-state index in [0.29, 0.717) is 40.8 Å². The van der Waals surface area contributed by atoms with Crippen LogP contribution in [0.4, 0.5) is 0 Å². The van der Waals surface area contributed by atoms with Crippen LogP contribution in [0.15, 0.2) is 60.7 Å². The van der Waals surface area contributed by atoms with E-state index < -0.39 is 11.9 Å². The van der Waals surface area contributed by atoms with E-state index in [0.717, 1.165) is 11.1 Å². The van der Waals surface area contributed by atoms with Gasteiger partial charge in [0.25, 0.3) is 0 Å². The Balaban J connectivity index is 1.69. The topological polar surface area (TPSA) is 97.3 Å². The van der Waals surface area contributed by atoms with Gasteiger partial charge in [-0.15, -0.1) is 0 Å². The Hall–Kier alpha value is -3.87. The number of H-pyrrole nitrogens is 1. The van der Waals surface area contributed by atoms with Gasteiger partial charge in [-0.3, -0.25) is 4.79 Å². The number of aromatic amines is 1. The maximum Gasteiger partial charge on any atom is 0.312 e. The van der Waals surface area contributed by atoms with Gasteiger partial charge >= 0.3 is 5.97 Å². The van der Waals surface area contributed by atoms with Crippen LogP contribution in [0.1, 0.15) is 37.9 Å². The number of fused-ring (bicyclic) bond motifs is 1. The molecule has 32 heavy (non-hydrogen) atoms. The van der Waals surface area contributed by atoms with Gasteiger partial charge in [0.15, 0.2) is 5.65 Å². The number of pyridine rings is 1. The molecule has 0 aliphatic carbocycles. The van der Waals surface area contributed by atoms with E-state index in [1.807, 2.05) is 62.4 Å². The molecular formula is C25H25N3O4. The number of carbonyl (C=O) groups is 1. The van der Waals surface area contributed by atoms with Crippen LogP contribution in [-0.4, -0.2) is 32.1 Å². The van der Waals surface area contributed by atoms with E-state index in [2.05, 4.69) is 15.0 Å². The van der Waals surface area contributed by atoms with E-state index in [-0.39, 0.29) is 6.10 Å². The SMILES string of the molecule is CC(C)Oc1ccc(OCc2ccccc2)cc1-c1nc2nc(C(C)C(=O)O)ccc2[nH]1. The number of nitrogens with zero attached hydrogens (tertiary/aromatic N) is 2. The normalized spacial score (nSPS) is 12.1. The van der Waals surface area contributed by atoms with Crippen LogP contribution in [0.2, 0.25) is 0 Å². The van der Waals surface area contributed by atoms with E-state index in [1.165, 1.54) is 0 Å². The fourth-order valence-corrected chi connectivity index (χ4v) is 3.28. The Morgan fingerprint density at radius 3 is 2.53 bits per heavy atom. The molecule has 0 aliphatic heterocycles. The molecule has 2 aromatic carbocycles. The number of rotatable bonds is 8. The van der Waals surface area contributed by atoms with Crippen molar-refractivity contribution < 1.29 is 19.4 Å². The molecule has 4 aromatic rings. The standard InChI is InChI=1S/C25H25N3O4/c1-15(2)32-22-12-9-18(31-14-17-7-5-4-6-8-17)13-19(22)23-27-21-11-10-20(16(3)25(29)30)26-24(21)28-23/h4-13,15-16H,14H2,1-3H3,(H,29,30)(H,26,27,28). The van der Waals surface area contributed by atoms with Crippen molar-refractivity contribution in [3.05, 3.63) is 71.9 Å². The first-order valence-corrected chi connectivity index (χ1v) is 10.5. The molecule has 2 heterocycles. The monoisotopic (exact) mass is 431 g/mol. The fraction of sp³-hybridized carbons (Fsp3) is 0.240. The summed E-state index contributed by atoms with van der Waals surface area (Å²) in [6.07, 6.45) is -0.0182. The number of imidazole rings is 1. The summed E-state index contributed by atoms with van der Waals surface area (Å²) < 4.78 is 12.0. The van der Waals surface area contributed by atoms with Gasteiger partial charge in [0, 0.05) is 0 Å². The van der Waals surface area contributed by atoms with Gasteiger partial charge < -0.3 is 19.6 Å². The molecule has 1 atom stereocenters. The molecule has 164 valence electrons. The zero-order chi connectivity index (χ0) is 22.7. The average Bonchev–Trinajstić information content (AvgIpc) is 3.21. The number of carboxylic acid groups (broad SMARTS) is 1. The van der Waals surface area contributed by atoms with Crippen molar-refractivity contribution in [3.63, 3.8) is 0 Å². The lowest BCUT2D eigenvalue weighted by atomic mass is 10.1. The maximum atomic E-state index is 11.3. The third-order valence-electron chi connectivity index (χ3n) is 5.00. The molecule has 0 radical (unpaired) electrons. The summed E-state index contributed by atoms with van der Waals surface area (Å²) in [5.74, 6) is 0.296. The van der Waals surface area contributed by atoms with Crippen molar-refractivity contribution in [2.24, 2.45) is 0 Å². The third kappa shape index (κ3) is 4.72. The van der Waals surface area contributed by atoms with E-state index >= 15 is 0 Å². The van der Waals surface area contributed by atoms with Crippen molar-refractivity contribution in [2.45, 2.75) is 39.4 Å². The number of hydrogen-bond donors (Lipinski definition) is 2. The molecule has 7 nitrogen and oxygen atoms in total. The second-order valence-corrected chi connectivity index (χ2v) is 7.85. The molecule has 1 unspecified atom stereocenters. The summed E-state index contributed by atoms with van der Waals surface area (Å²) in [7, 11) is 0. The highest BCUT2D eigenvalue weighted by molar-refractivity contribution is 5.80. The van der Waals surface area contributed by atoms with Crippen LogP contribution in [0, 0.1) is 0 Å². The number of carboxylic acids is 1. The summed E-state index contributed by atoms with van der Waals surface area (Å²) in [5, 5.41) is 9.28. The van der Waals surface area contributed by atoms with E-state index in [4.69, 9.17) is 9.47 Å². The minimum atomic E-state index is -0.927. The molecule has 2 aromatic heterocycles. The van der Waals surface area contributed by atoms with Crippen LogP contribution in [-0.2, 0) is 11.4 Å². The summed E-state index contributed by atoms with van der Waals surface area (Å²) in [5.41, 5.74) is 3.45. The minimum Gasteiger partial charge on any atom is -0.490 e. The number of ether oxygens (including phenoxy) is 2.